The van der Waals surface area contributed by atoms with E-state index in [0.717, 1.165) is 6.29 Å². The third kappa shape index (κ3) is 2.37. The number of hydrogen-bond acceptors (Lipinski definition) is 3. The minimum Gasteiger partial charge on any atom is -0.303 e. The lowest BCUT2D eigenvalue weighted by molar-refractivity contribution is -0.108. The largest absolute Gasteiger partial charge is 0.303 e. The maximum absolute atomic E-state index is 10.0. The van der Waals surface area contributed by atoms with Crippen molar-refractivity contribution in [2.45, 2.75) is 13.0 Å². The Bertz CT molecular complexity index is 260. The standard InChI is InChI=1S/C5H5Br2N3O/c6-4-8-5(7)10(9-4)2-1-3-11/h3H,1-2H2. The predicted octanol–water partition coefficient (Wildman–Crippen LogP) is 1.39. The minimum absolute atomic E-state index is 0.453. The van der Waals surface area contributed by atoms with Crippen molar-refractivity contribution < 1.29 is 4.79 Å². The van der Waals surface area contributed by atoms with E-state index < -0.39 is 0 Å². The number of hydrogen-bond donors (Lipinski definition) is 0. The molecule has 0 amide bonds. The first-order valence-electron chi connectivity index (χ1n) is 2.93. The van der Waals surface area contributed by atoms with Gasteiger partial charge in [0.2, 0.25) is 4.73 Å². The number of aryl methyl sites for hydroxylation is 1. The molecule has 0 saturated carbocycles. The summed E-state index contributed by atoms with van der Waals surface area (Å²) < 4.78 is 2.76. The summed E-state index contributed by atoms with van der Waals surface area (Å²) in [5.41, 5.74) is 0. The number of aromatic nitrogens is 3. The molecule has 0 N–H and O–H groups in total. The number of aldehydes is 1. The second-order valence-corrected chi connectivity index (χ2v) is 3.25. The monoisotopic (exact) mass is 281 g/mol. The van der Waals surface area contributed by atoms with E-state index in [4.69, 9.17) is 0 Å². The molecule has 0 unspecified atom stereocenters. The topological polar surface area (TPSA) is 47.8 Å². The molecule has 60 valence electrons. The van der Waals surface area contributed by atoms with Crippen molar-refractivity contribution in [1.82, 2.24) is 14.8 Å². The Morgan fingerprint density at radius 2 is 2.27 bits per heavy atom. The van der Waals surface area contributed by atoms with Crippen LogP contribution in [0.2, 0.25) is 0 Å². The van der Waals surface area contributed by atoms with Crippen LogP contribution in [-0.2, 0) is 11.3 Å². The quantitative estimate of drug-likeness (QED) is 0.787. The van der Waals surface area contributed by atoms with Crippen molar-refractivity contribution >= 4 is 38.1 Å². The van der Waals surface area contributed by atoms with Gasteiger partial charge in [-0.3, -0.25) is 0 Å². The van der Waals surface area contributed by atoms with Gasteiger partial charge in [0.15, 0.2) is 4.73 Å². The summed E-state index contributed by atoms with van der Waals surface area (Å²) in [6, 6.07) is 0. The molecule has 4 nitrogen and oxygen atoms in total. The number of nitrogens with zero attached hydrogens (tertiary/aromatic N) is 3. The summed E-state index contributed by atoms with van der Waals surface area (Å²) in [5, 5.41) is 3.96. The zero-order chi connectivity index (χ0) is 8.27. The van der Waals surface area contributed by atoms with Crippen LogP contribution in [0, 0.1) is 0 Å². The van der Waals surface area contributed by atoms with E-state index in [1.165, 1.54) is 0 Å². The van der Waals surface area contributed by atoms with E-state index in [1.54, 1.807) is 4.68 Å². The van der Waals surface area contributed by atoms with Gasteiger partial charge >= 0.3 is 0 Å². The Hall–Kier alpha value is -0.230. The number of halogens is 2. The molecule has 0 saturated heterocycles. The highest BCUT2D eigenvalue weighted by Crippen LogP contribution is 2.10. The van der Waals surface area contributed by atoms with Gasteiger partial charge in [0.25, 0.3) is 0 Å². The highest BCUT2D eigenvalue weighted by atomic mass is 79.9. The highest BCUT2D eigenvalue weighted by molar-refractivity contribution is 9.11. The first-order valence-corrected chi connectivity index (χ1v) is 4.52. The minimum atomic E-state index is 0.453. The average Bonchev–Trinajstić information content (AvgIpc) is 2.26. The summed E-state index contributed by atoms with van der Waals surface area (Å²) >= 11 is 6.30. The van der Waals surface area contributed by atoms with Gasteiger partial charge in [0.1, 0.15) is 6.29 Å². The lowest BCUT2D eigenvalue weighted by Crippen LogP contribution is -2.00. The third-order valence-electron chi connectivity index (χ3n) is 1.06. The zero-order valence-electron chi connectivity index (χ0n) is 5.50. The molecule has 0 aliphatic rings. The number of carbonyl (C=O) groups excluding carboxylic acids is 1. The lowest BCUT2D eigenvalue weighted by atomic mass is 10.5. The van der Waals surface area contributed by atoms with Gasteiger partial charge in [-0.1, -0.05) is 0 Å². The zero-order valence-corrected chi connectivity index (χ0v) is 8.67. The number of carbonyl (C=O) groups is 1. The molecular weight excluding hydrogens is 278 g/mol. The van der Waals surface area contributed by atoms with Crippen LogP contribution in [0.4, 0.5) is 0 Å². The molecule has 0 bridgehead atoms. The first-order chi connectivity index (χ1) is 5.24. The van der Waals surface area contributed by atoms with Crippen molar-refractivity contribution in [3.05, 3.63) is 9.47 Å². The summed E-state index contributed by atoms with van der Waals surface area (Å²) in [4.78, 5) is 13.9. The average molecular weight is 283 g/mol. The molecule has 0 aliphatic carbocycles. The second-order valence-electron chi connectivity index (χ2n) is 1.83. The fraction of sp³-hybridized carbons (Fsp3) is 0.400. The van der Waals surface area contributed by atoms with Crippen LogP contribution in [0.5, 0.6) is 0 Å². The van der Waals surface area contributed by atoms with Crippen molar-refractivity contribution in [3.63, 3.8) is 0 Å². The summed E-state index contributed by atoms with van der Waals surface area (Å²) in [7, 11) is 0. The molecule has 0 aromatic carbocycles. The van der Waals surface area contributed by atoms with Crippen molar-refractivity contribution in [2.75, 3.05) is 0 Å². The van der Waals surface area contributed by atoms with Crippen LogP contribution < -0.4 is 0 Å². The van der Waals surface area contributed by atoms with Gasteiger partial charge in [-0.05, 0) is 31.9 Å². The van der Waals surface area contributed by atoms with Crippen LogP contribution in [0.3, 0.4) is 0 Å². The van der Waals surface area contributed by atoms with E-state index >= 15 is 0 Å². The fourth-order valence-corrected chi connectivity index (χ4v) is 1.64. The predicted molar refractivity (Wildman–Crippen MR) is 46.1 cm³/mol. The molecule has 0 aliphatic heterocycles. The molecule has 0 fully saturated rings. The normalized spacial score (nSPS) is 10.0. The Labute approximate surface area is 80.2 Å². The van der Waals surface area contributed by atoms with Crippen molar-refractivity contribution in [1.29, 1.82) is 0 Å². The third-order valence-corrected chi connectivity index (χ3v) is 1.98. The van der Waals surface area contributed by atoms with Crippen LogP contribution in [0.1, 0.15) is 6.42 Å². The van der Waals surface area contributed by atoms with Gasteiger partial charge in [-0.25, -0.2) is 4.68 Å². The van der Waals surface area contributed by atoms with E-state index in [0.29, 0.717) is 22.4 Å². The fourth-order valence-electron chi connectivity index (χ4n) is 0.614. The van der Waals surface area contributed by atoms with Crippen molar-refractivity contribution in [2.24, 2.45) is 0 Å². The molecule has 0 spiro atoms. The molecule has 0 radical (unpaired) electrons. The number of rotatable bonds is 3. The Balaban J connectivity index is 2.69. The van der Waals surface area contributed by atoms with Gasteiger partial charge in [-0.2, -0.15) is 4.98 Å². The summed E-state index contributed by atoms with van der Waals surface area (Å²) in [6.45, 7) is 0.558. The van der Waals surface area contributed by atoms with Gasteiger partial charge in [0.05, 0.1) is 6.54 Å². The molecule has 1 heterocycles. The highest BCUT2D eigenvalue weighted by Gasteiger charge is 2.02. The Morgan fingerprint density at radius 3 is 2.73 bits per heavy atom. The van der Waals surface area contributed by atoms with Crippen LogP contribution >= 0.6 is 31.9 Å². The summed E-state index contributed by atoms with van der Waals surface area (Å²) in [6.07, 6.45) is 1.30. The van der Waals surface area contributed by atoms with E-state index in [9.17, 15) is 4.79 Å². The van der Waals surface area contributed by atoms with Gasteiger partial charge in [-0.15, -0.1) is 5.10 Å². The SMILES string of the molecule is O=CCCn1nc(Br)nc1Br. The smallest absolute Gasteiger partial charge is 0.218 e. The molecular formula is C5H5Br2N3O. The van der Waals surface area contributed by atoms with E-state index in [2.05, 4.69) is 41.9 Å². The lowest BCUT2D eigenvalue weighted by Gasteiger charge is -1.94. The van der Waals surface area contributed by atoms with Gasteiger partial charge < -0.3 is 4.79 Å². The Morgan fingerprint density at radius 1 is 1.55 bits per heavy atom. The van der Waals surface area contributed by atoms with Gasteiger partial charge in [0, 0.05) is 6.42 Å². The van der Waals surface area contributed by atoms with Crippen LogP contribution in [-0.4, -0.2) is 21.1 Å². The van der Waals surface area contributed by atoms with Crippen molar-refractivity contribution in [3.8, 4) is 0 Å². The first kappa shape index (κ1) is 8.86. The van der Waals surface area contributed by atoms with E-state index in [-0.39, 0.29) is 0 Å². The summed E-state index contributed by atoms with van der Waals surface area (Å²) in [5.74, 6) is 0. The molecule has 1 rings (SSSR count). The maximum atomic E-state index is 10.0. The maximum Gasteiger partial charge on any atom is 0.218 e. The Kier molecular flexibility index (Phi) is 3.19. The van der Waals surface area contributed by atoms with E-state index in [1.807, 2.05) is 0 Å². The van der Waals surface area contributed by atoms with Crippen LogP contribution in [0.15, 0.2) is 9.47 Å². The molecule has 11 heavy (non-hydrogen) atoms. The molecule has 0 atom stereocenters. The second kappa shape index (κ2) is 3.96. The molecule has 6 heteroatoms. The molecule has 1 aromatic rings. The van der Waals surface area contributed by atoms with Crippen LogP contribution in [0.25, 0.3) is 0 Å². The molecule has 1 aromatic heterocycles.